The summed E-state index contributed by atoms with van der Waals surface area (Å²) in [6.07, 6.45) is 6.71. The van der Waals surface area contributed by atoms with Gasteiger partial charge in [-0.25, -0.2) is 27.9 Å². The van der Waals surface area contributed by atoms with Gasteiger partial charge in [0, 0.05) is 41.6 Å². The number of anilines is 1. The summed E-state index contributed by atoms with van der Waals surface area (Å²) in [5, 5.41) is 2.51. The van der Waals surface area contributed by atoms with Gasteiger partial charge in [-0.1, -0.05) is 6.07 Å². The highest BCUT2D eigenvalue weighted by atomic mass is 19.3. The highest BCUT2D eigenvalue weighted by Crippen LogP contribution is 2.29. The molecule has 1 aliphatic rings. The van der Waals surface area contributed by atoms with Crippen LogP contribution in [0.1, 0.15) is 0 Å². The fourth-order valence-electron chi connectivity index (χ4n) is 3.34. The molecule has 156 valence electrons. The quantitative estimate of drug-likeness (QED) is 0.538. The summed E-state index contributed by atoms with van der Waals surface area (Å²) < 4.78 is 42.1. The van der Waals surface area contributed by atoms with E-state index in [9.17, 15) is 18.0 Å². The van der Waals surface area contributed by atoms with E-state index in [2.05, 4.69) is 20.3 Å². The Bertz CT molecular complexity index is 1280. The summed E-state index contributed by atoms with van der Waals surface area (Å²) in [6.45, 7) is -1.27. The summed E-state index contributed by atoms with van der Waals surface area (Å²) in [4.78, 5) is 26.0. The van der Waals surface area contributed by atoms with Crippen molar-refractivity contribution in [1.29, 1.82) is 0 Å². The molecule has 0 bridgehead atoms. The van der Waals surface area contributed by atoms with Gasteiger partial charge in [-0.05, 0) is 30.3 Å². The smallest absolute Gasteiger partial charge is 0.312 e. The second-order valence-electron chi connectivity index (χ2n) is 7.23. The van der Waals surface area contributed by atoms with Gasteiger partial charge in [0.05, 0.1) is 24.5 Å². The fraction of sp³-hybridized carbons (Fsp3) is 0.143. The number of urea groups is 1. The van der Waals surface area contributed by atoms with Crippen molar-refractivity contribution in [3.8, 4) is 22.5 Å². The lowest BCUT2D eigenvalue weighted by molar-refractivity contribution is -0.107. The lowest BCUT2D eigenvalue weighted by Gasteiger charge is -2.38. The van der Waals surface area contributed by atoms with Crippen LogP contribution in [0.5, 0.6) is 0 Å². The van der Waals surface area contributed by atoms with Gasteiger partial charge in [0.2, 0.25) is 5.78 Å². The number of rotatable bonds is 3. The highest BCUT2D eigenvalue weighted by molar-refractivity contribution is 5.90. The number of benzene rings is 1. The molecule has 0 atom stereocenters. The first-order chi connectivity index (χ1) is 14.9. The van der Waals surface area contributed by atoms with E-state index in [-0.39, 0.29) is 11.3 Å². The molecule has 4 aromatic rings. The van der Waals surface area contributed by atoms with Crippen LogP contribution in [0.15, 0.2) is 61.2 Å². The van der Waals surface area contributed by atoms with Gasteiger partial charge in [-0.15, -0.1) is 0 Å². The standard InChI is InChI=1S/C21H15F3N6O/c22-16-5-4-14(27-20(31)30-11-21(23,24)12-30)7-15(16)18-10-29-9-13(8-26-19(29)28-18)17-3-1-2-6-25-17/h1-10H,11-12H2,(H,27,31). The van der Waals surface area contributed by atoms with Crippen molar-refractivity contribution in [2.24, 2.45) is 0 Å². The topological polar surface area (TPSA) is 75.4 Å². The Morgan fingerprint density at radius 3 is 2.65 bits per heavy atom. The highest BCUT2D eigenvalue weighted by Gasteiger charge is 2.46. The minimum atomic E-state index is -2.86. The van der Waals surface area contributed by atoms with E-state index in [0.29, 0.717) is 11.5 Å². The molecule has 5 rings (SSSR count). The molecular formula is C21H15F3N6O. The number of imidazole rings is 1. The molecule has 3 aromatic heterocycles. The lowest BCUT2D eigenvalue weighted by Crippen LogP contribution is -2.59. The Hall–Kier alpha value is -3.95. The predicted octanol–water partition coefficient (Wildman–Crippen LogP) is 4.08. The third kappa shape index (κ3) is 3.67. The number of carbonyl (C=O) groups excluding carboxylic acids is 1. The fourth-order valence-corrected chi connectivity index (χ4v) is 3.34. The van der Waals surface area contributed by atoms with Crippen LogP contribution in [0.2, 0.25) is 0 Å². The van der Waals surface area contributed by atoms with E-state index in [1.807, 2.05) is 18.2 Å². The molecule has 0 radical (unpaired) electrons. The molecule has 2 amide bonds. The van der Waals surface area contributed by atoms with Crippen molar-refractivity contribution >= 4 is 17.5 Å². The molecule has 0 saturated carbocycles. The summed E-state index contributed by atoms with van der Waals surface area (Å²) in [5.74, 6) is -3.03. The number of likely N-dealkylation sites (tertiary alicyclic amines) is 1. The molecule has 0 aliphatic carbocycles. The maximum Gasteiger partial charge on any atom is 0.322 e. The molecule has 1 aromatic carbocycles. The van der Waals surface area contributed by atoms with Crippen LogP contribution in [-0.4, -0.2) is 49.3 Å². The predicted molar refractivity (Wildman–Crippen MR) is 107 cm³/mol. The van der Waals surface area contributed by atoms with Gasteiger partial charge in [0.25, 0.3) is 5.92 Å². The number of nitrogens with zero attached hydrogens (tertiary/aromatic N) is 5. The number of amides is 2. The van der Waals surface area contributed by atoms with E-state index in [0.717, 1.165) is 16.2 Å². The van der Waals surface area contributed by atoms with Gasteiger partial charge >= 0.3 is 6.03 Å². The first-order valence-corrected chi connectivity index (χ1v) is 9.38. The maximum absolute atomic E-state index is 14.5. The molecule has 1 fully saturated rings. The van der Waals surface area contributed by atoms with E-state index < -0.39 is 30.9 Å². The zero-order chi connectivity index (χ0) is 21.6. The maximum atomic E-state index is 14.5. The zero-order valence-electron chi connectivity index (χ0n) is 16.0. The molecule has 1 saturated heterocycles. The van der Waals surface area contributed by atoms with Gasteiger partial charge in [0.1, 0.15) is 5.82 Å². The summed E-state index contributed by atoms with van der Waals surface area (Å²) in [5.41, 5.74) is 2.24. The normalized spacial score (nSPS) is 15.0. The third-order valence-corrected chi connectivity index (χ3v) is 4.90. The molecule has 7 nitrogen and oxygen atoms in total. The molecule has 1 N–H and O–H groups in total. The van der Waals surface area contributed by atoms with Crippen LogP contribution in [-0.2, 0) is 0 Å². The number of pyridine rings is 1. The number of fused-ring (bicyclic) bond motifs is 1. The van der Waals surface area contributed by atoms with Crippen molar-refractivity contribution < 1.29 is 18.0 Å². The Labute approximate surface area is 174 Å². The number of hydrogen-bond donors (Lipinski definition) is 1. The zero-order valence-corrected chi connectivity index (χ0v) is 16.0. The van der Waals surface area contributed by atoms with Gasteiger partial charge in [-0.3, -0.25) is 9.38 Å². The van der Waals surface area contributed by atoms with Gasteiger partial charge in [-0.2, -0.15) is 0 Å². The number of nitrogens with one attached hydrogen (secondary N) is 1. The number of halogens is 3. The van der Waals surface area contributed by atoms with Crippen LogP contribution >= 0.6 is 0 Å². The Balaban J connectivity index is 1.43. The van der Waals surface area contributed by atoms with Crippen LogP contribution in [0, 0.1) is 5.82 Å². The largest absolute Gasteiger partial charge is 0.322 e. The summed E-state index contributed by atoms with van der Waals surface area (Å²) in [7, 11) is 0. The van der Waals surface area contributed by atoms with Crippen molar-refractivity contribution in [3.63, 3.8) is 0 Å². The average molecular weight is 424 g/mol. The molecule has 10 heteroatoms. The first-order valence-electron chi connectivity index (χ1n) is 9.38. The number of aromatic nitrogens is 4. The Morgan fingerprint density at radius 1 is 1.06 bits per heavy atom. The van der Waals surface area contributed by atoms with E-state index in [1.54, 1.807) is 29.2 Å². The molecule has 31 heavy (non-hydrogen) atoms. The molecule has 0 unspecified atom stereocenters. The molecule has 0 spiro atoms. The van der Waals surface area contributed by atoms with Crippen LogP contribution < -0.4 is 5.32 Å². The number of alkyl halides is 2. The summed E-state index contributed by atoms with van der Waals surface area (Å²) in [6, 6.07) is 8.82. The second-order valence-corrected chi connectivity index (χ2v) is 7.23. The second kappa shape index (κ2) is 7.08. The van der Waals surface area contributed by atoms with Crippen molar-refractivity contribution in [1.82, 2.24) is 24.3 Å². The third-order valence-electron chi connectivity index (χ3n) is 4.90. The number of carbonyl (C=O) groups is 1. The van der Waals surface area contributed by atoms with E-state index in [4.69, 9.17) is 0 Å². The monoisotopic (exact) mass is 424 g/mol. The minimum absolute atomic E-state index is 0.150. The van der Waals surface area contributed by atoms with Gasteiger partial charge in [0.15, 0.2) is 0 Å². The van der Waals surface area contributed by atoms with Crippen LogP contribution in [0.4, 0.5) is 23.7 Å². The SMILES string of the molecule is O=C(Nc1ccc(F)c(-c2cn3cc(-c4ccccn4)cnc3n2)c1)N1CC(F)(F)C1. The molecule has 4 heterocycles. The first kappa shape index (κ1) is 19.0. The van der Waals surface area contributed by atoms with Gasteiger partial charge < -0.3 is 10.2 Å². The van der Waals surface area contributed by atoms with E-state index in [1.165, 1.54) is 18.2 Å². The summed E-state index contributed by atoms with van der Waals surface area (Å²) >= 11 is 0. The van der Waals surface area contributed by atoms with E-state index >= 15 is 0 Å². The van der Waals surface area contributed by atoms with Crippen LogP contribution in [0.25, 0.3) is 28.3 Å². The van der Waals surface area contributed by atoms with Crippen LogP contribution in [0.3, 0.4) is 0 Å². The molecular weight excluding hydrogens is 409 g/mol. The molecule has 1 aliphatic heterocycles. The Kier molecular flexibility index (Phi) is 4.35. The minimum Gasteiger partial charge on any atom is -0.312 e. The number of hydrogen-bond acceptors (Lipinski definition) is 4. The van der Waals surface area contributed by atoms with Crippen molar-refractivity contribution in [3.05, 3.63) is 67.0 Å². The Morgan fingerprint density at radius 2 is 1.90 bits per heavy atom. The van der Waals surface area contributed by atoms with Crippen molar-refractivity contribution in [2.75, 3.05) is 18.4 Å². The van der Waals surface area contributed by atoms with Crippen molar-refractivity contribution in [2.45, 2.75) is 5.92 Å². The lowest BCUT2D eigenvalue weighted by atomic mass is 10.1. The average Bonchev–Trinajstić information content (AvgIpc) is 3.17.